The third-order valence-corrected chi connectivity index (χ3v) is 9.04. The van der Waals surface area contributed by atoms with Crippen LogP contribution in [-0.4, -0.2) is 68.6 Å². The monoisotopic (exact) mass is 608 g/mol. The molecule has 0 spiro atoms. The minimum atomic E-state index is -3.41. The van der Waals surface area contributed by atoms with E-state index >= 15 is 0 Å². The number of sulfonamides is 1. The number of halogens is 1. The highest BCUT2D eigenvalue weighted by molar-refractivity contribution is 7.92. The third-order valence-electron chi connectivity index (χ3n) is 8.20. The van der Waals surface area contributed by atoms with Gasteiger partial charge in [-0.1, -0.05) is 72.3 Å². The van der Waals surface area contributed by atoms with Gasteiger partial charge in [0.05, 0.1) is 11.9 Å². The highest BCUT2D eigenvalue weighted by Gasteiger charge is 2.33. The van der Waals surface area contributed by atoms with E-state index in [1.54, 1.807) is 23.1 Å². The van der Waals surface area contributed by atoms with Crippen molar-refractivity contribution in [2.24, 2.45) is 0 Å². The van der Waals surface area contributed by atoms with Gasteiger partial charge in [0.2, 0.25) is 15.9 Å². The summed E-state index contributed by atoms with van der Waals surface area (Å²) in [6.07, 6.45) is 3.78. The Kier molecular flexibility index (Phi) is 9.38. The van der Waals surface area contributed by atoms with Crippen molar-refractivity contribution < 1.29 is 18.0 Å². The van der Waals surface area contributed by atoms with E-state index < -0.39 is 16.1 Å². The fraction of sp³-hybridized carbons (Fsp3) is 0.375. The Hall–Kier alpha value is -3.56. The first-order valence-electron chi connectivity index (χ1n) is 14.4. The largest absolute Gasteiger partial charge is 0.341 e. The lowest BCUT2D eigenvalue weighted by atomic mass is 9.88. The van der Waals surface area contributed by atoms with Crippen molar-refractivity contribution in [3.63, 3.8) is 0 Å². The average molecular weight is 609 g/mol. The molecule has 0 bridgehead atoms. The second-order valence-electron chi connectivity index (χ2n) is 11.2. The van der Waals surface area contributed by atoms with E-state index in [-0.39, 0.29) is 23.8 Å². The SMILES string of the molecule is CS(=O)(=O)Nc1ccccc1C1CCN(C(=O)[C@@H](Cc2ccc(Cl)cc2)NC(=O)N2CC[C@H](c3ccccc3)C2)CC1. The predicted octanol–water partition coefficient (Wildman–Crippen LogP) is 5.23. The fourth-order valence-electron chi connectivity index (χ4n) is 6.02. The molecule has 8 nitrogen and oxygen atoms in total. The molecule has 0 aromatic heterocycles. The molecule has 0 unspecified atom stereocenters. The Balaban J connectivity index is 1.26. The first-order valence-corrected chi connectivity index (χ1v) is 16.6. The van der Waals surface area contributed by atoms with Gasteiger partial charge in [-0.25, -0.2) is 13.2 Å². The summed E-state index contributed by atoms with van der Waals surface area (Å²) >= 11 is 6.09. The van der Waals surface area contributed by atoms with Crippen molar-refractivity contribution in [3.05, 3.63) is 101 Å². The molecule has 2 N–H and O–H groups in total. The van der Waals surface area contributed by atoms with E-state index in [0.717, 1.165) is 23.8 Å². The Morgan fingerprint density at radius 3 is 2.17 bits per heavy atom. The molecule has 0 aliphatic carbocycles. The molecule has 2 saturated heterocycles. The molecule has 222 valence electrons. The predicted molar refractivity (Wildman–Crippen MR) is 166 cm³/mol. The van der Waals surface area contributed by atoms with E-state index in [2.05, 4.69) is 22.2 Å². The van der Waals surface area contributed by atoms with Crippen LogP contribution in [0.25, 0.3) is 0 Å². The number of hydrogen-bond acceptors (Lipinski definition) is 4. The summed E-state index contributed by atoms with van der Waals surface area (Å²) in [5.41, 5.74) is 3.65. The molecular weight excluding hydrogens is 572 g/mol. The molecular formula is C32H37ClN4O4S. The van der Waals surface area contributed by atoms with Crippen LogP contribution in [0.1, 0.15) is 47.8 Å². The zero-order chi connectivity index (χ0) is 29.7. The molecule has 2 atom stereocenters. The molecule has 42 heavy (non-hydrogen) atoms. The summed E-state index contributed by atoms with van der Waals surface area (Å²) in [6, 6.07) is 24.0. The number of para-hydroxylation sites is 1. The molecule has 2 aliphatic heterocycles. The Bertz CT molecular complexity index is 1490. The summed E-state index contributed by atoms with van der Waals surface area (Å²) in [5, 5.41) is 3.67. The van der Waals surface area contributed by atoms with E-state index in [1.165, 1.54) is 5.56 Å². The Morgan fingerprint density at radius 2 is 1.48 bits per heavy atom. The molecule has 3 aromatic rings. The zero-order valence-corrected chi connectivity index (χ0v) is 25.3. The number of nitrogens with zero attached hydrogens (tertiary/aromatic N) is 2. The van der Waals surface area contributed by atoms with Gasteiger partial charge < -0.3 is 15.1 Å². The smallest absolute Gasteiger partial charge is 0.318 e. The minimum absolute atomic E-state index is 0.113. The number of anilines is 1. The Labute approximate surface area is 253 Å². The zero-order valence-electron chi connectivity index (χ0n) is 23.7. The number of benzene rings is 3. The Morgan fingerprint density at radius 1 is 0.857 bits per heavy atom. The number of carbonyl (C=O) groups is 2. The normalized spacial score (nSPS) is 18.5. The molecule has 0 saturated carbocycles. The van der Waals surface area contributed by atoms with Crippen LogP contribution in [0.15, 0.2) is 78.9 Å². The van der Waals surface area contributed by atoms with Crippen LogP contribution in [0.4, 0.5) is 10.5 Å². The van der Waals surface area contributed by atoms with Crippen LogP contribution in [0, 0.1) is 0 Å². The maximum atomic E-state index is 13.9. The molecule has 2 fully saturated rings. The van der Waals surface area contributed by atoms with Gasteiger partial charge in [-0.3, -0.25) is 9.52 Å². The molecule has 5 rings (SSSR count). The van der Waals surface area contributed by atoms with Gasteiger partial charge in [0, 0.05) is 43.5 Å². The number of hydrogen-bond donors (Lipinski definition) is 2. The minimum Gasteiger partial charge on any atom is -0.341 e. The number of urea groups is 1. The van der Waals surface area contributed by atoms with E-state index in [9.17, 15) is 18.0 Å². The molecule has 10 heteroatoms. The van der Waals surface area contributed by atoms with Crippen LogP contribution in [-0.2, 0) is 21.2 Å². The molecule has 3 aromatic carbocycles. The lowest BCUT2D eigenvalue weighted by Crippen LogP contribution is -2.54. The van der Waals surface area contributed by atoms with Gasteiger partial charge in [0.15, 0.2) is 0 Å². The molecule has 0 radical (unpaired) electrons. The van der Waals surface area contributed by atoms with E-state index in [0.29, 0.717) is 56.2 Å². The van der Waals surface area contributed by atoms with Crippen molar-refractivity contribution in [1.82, 2.24) is 15.1 Å². The number of rotatable bonds is 8. The lowest BCUT2D eigenvalue weighted by Gasteiger charge is -2.35. The van der Waals surface area contributed by atoms with Crippen LogP contribution in [0.5, 0.6) is 0 Å². The van der Waals surface area contributed by atoms with Gasteiger partial charge in [-0.05, 0) is 60.1 Å². The summed E-state index contributed by atoms with van der Waals surface area (Å²) in [4.78, 5) is 30.9. The number of piperidine rings is 1. The molecule has 3 amide bonds. The number of likely N-dealkylation sites (tertiary alicyclic amines) is 2. The second kappa shape index (κ2) is 13.2. The van der Waals surface area contributed by atoms with Gasteiger partial charge in [0.25, 0.3) is 0 Å². The standard InChI is InChI=1S/C32H37ClN4O4S/c1-42(40,41)35-29-10-6-5-9-28(29)25-15-18-36(19-16-25)31(38)30(21-23-11-13-27(33)14-12-23)34-32(39)37-20-17-26(22-37)24-7-3-2-4-8-24/h2-14,25-26,30,35H,15-22H2,1H3,(H,34,39)/t26-,30+/m0/s1. The van der Waals surface area contributed by atoms with Gasteiger partial charge in [-0.2, -0.15) is 0 Å². The van der Waals surface area contributed by atoms with Crippen LogP contribution >= 0.6 is 11.6 Å². The maximum absolute atomic E-state index is 13.9. The summed E-state index contributed by atoms with van der Waals surface area (Å²) in [5.74, 6) is 0.280. The average Bonchev–Trinajstić information content (AvgIpc) is 3.48. The second-order valence-corrected chi connectivity index (χ2v) is 13.4. The van der Waals surface area contributed by atoms with Gasteiger partial charge >= 0.3 is 6.03 Å². The maximum Gasteiger partial charge on any atom is 0.318 e. The quantitative estimate of drug-likeness (QED) is 0.366. The van der Waals surface area contributed by atoms with E-state index in [4.69, 9.17) is 11.6 Å². The van der Waals surface area contributed by atoms with Crippen LogP contribution in [0.2, 0.25) is 5.02 Å². The lowest BCUT2D eigenvalue weighted by molar-refractivity contribution is -0.134. The molecule has 2 heterocycles. The summed E-state index contributed by atoms with van der Waals surface area (Å²) in [7, 11) is -3.41. The van der Waals surface area contributed by atoms with Crippen molar-refractivity contribution in [3.8, 4) is 0 Å². The third kappa shape index (κ3) is 7.63. The summed E-state index contributed by atoms with van der Waals surface area (Å²) in [6.45, 7) is 2.29. The first kappa shape index (κ1) is 29.9. The van der Waals surface area contributed by atoms with Crippen molar-refractivity contribution in [2.75, 3.05) is 37.2 Å². The van der Waals surface area contributed by atoms with Crippen LogP contribution in [0.3, 0.4) is 0 Å². The number of amides is 3. The van der Waals surface area contributed by atoms with Gasteiger partial charge in [0.1, 0.15) is 6.04 Å². The number of carbonyl (C=O) groups excluding carboxylic acids is 2. The molecule has 2 aliphatic rings. The van der Waals surface area contributed by atoms with Crippen LogP contribution < -0.4 is 10.0 Å². The highest BCUT2D eigenvalue weighted by atomic mass is 35.5. The fourth-order valence-corrected chi connectivity index (χ4v) is 6.73. The highest BCUT2D eigenvalue weighted by Crippen LogP contribution is 2.34. The van der Waals surface area contributed by atoms with Crippen molar-refractivity contribution in [1.29, 1.82) is 0 Å². The number of nitrogens with one attached hydrogen (secondary N) is 2. The first-order chi connectivity index (χ1) is 20.2. The van der Waals surface area contributed by atoms with Crippen molar-refractivity contribution >= 4 is 39.2 Å². The van der Waals surface area contributed by atoms with Gasteiger partial charge in [-0.15, -0.1) is 0 Å². The van der Waals surface area contributed by atoms with Crippen molar-refractivity contribution in [2.45, 2.75) is 43.6 Å². The topological polar surface area (TPSA) is 98.8 Å². The summed E-state index contributed by atoms with van der Waals surface area (Å²) < 4.78 is 26.4. The van der Waals surface area contributed by atoms with E-state index in [1.807, 2.05) is 53.4 Å².